The second kappa shape index (κ2) is 7.22. The third-order valence-corrected chi connectivity index (χ3v) is 6.04. The SMILES string of the molecule is COc1ccc(C(=O)CNc2nc3ccc(S(C)(=O)=O)cc3s2)cc1Cl. The van der Waals surface area contributed by atoms with Gasteiger partial charge in [0.05, 0.1) is 33.8 Å². The van der Waals surface area contributed by atoms with Crippen LogP contribution in [-0.2, 0) is 9.84 Å². The number of benzene rings is 2. The molecule has 0 atom stereocenters. The van der Waals surface area contributed by atoms with Crippen molar-refractivity contribution in [1.29, 1.82) is 0 Å². The van der Waals surface area contributed by atoms with Crippen LogP contribution in [0.4, 0.5) is 5.13 Å². The van der Waals surface area contributed by atoms with E-state index >= 15 is 0 Å². The Bertz CT molecular complexity index is 1090. The van der Waals surface area contributed by atoms with Crippen LogP contribution in [0, 0.1) is 0 Å². The lowest BCUT2D eigenvalue weighted by Gasteiger charge is -2.06. The van der Waals surface area contributed by atoms with Crippen LogP contribution in [0.5, 0.6) is 5.75 Å². The fraction of sp³-hybridized carbons (Fsp3) is 0.176. The van der Waals surface area contributed by atoms with E-state index in [0.717, 1.165) is 11.0 Å². The highest BCUT2D eigenvalue weighted by molar-refractivity contribution is 7.90. The minimum absolute atomic E-state index is 0.0431. The van der Waals surface area contributed by atoms with Crippen molar-refractivity contribution in [2.24, 2.45) is 0 Å². The van der Waals surface area contributed by atoms with Crippen LogP contribution in [0.3, 0.4) is 0 Å². The highest BCUT2D eigenvalue weighted by Crippen LogP contribution is 2.28. The Kier molecular flexibility index (Phi) is 5.17. The van der Waals surface area contributed by atoms with Crippen molar-refractivity contribution in [2.75, 3.05) is 25.2 Å². The van der Waals surface area contributed by atoms with Crippen molar-refractivity contribution in [3.63, 3.8) is 0 Å². The monoisotopic (exact) mass is 410 g/mol. The lowest BCUT2D eigenvalue weighted by molar-refractivity contribution is 0.101. The molecular weight excluding hydrogens is 396 g/mol. The highest BCUT2D eigenvalue weighted by atomic mass is 35.5. The largest absolute Gasteiger partial charge is 0.495 e. The molecule has 0 fully saturated rings. The lowest BCUT2D eigenvalue weighted by atomic mass is 10.1. The van der Waals surface area contributed by atoms with Crippen LogP contribution in [0.25, 0.3) is 10.2 Å². The van der Waals surface area contributed by atoms with E-state index in [1.807, 2.05) is 0 Å². The summed E-state index contributed by atoms with van der Waals surface area (Å²) in [7, 11) is -1.77. The number of sulfone groups is 1. The first-order valence-corrected chi connectivity index (χ1v) is 10.6. The Hall–Kier alpha value is -2.16. The molecule has 0 aliphatic carbocycles. The first kappa shape index (κ1) is 18.6. The summed E-state index contributed by atoms with van der Waals surface area (Å²) in [5.74, 6) is 0.356. The highest BCUT2D eigenvalue weighted by Gasteiger charge is 2.13. The molecule has 26 heavy (non-hydrogen) atoms. The number of rotatable bonds is 6. The second-order valence-corrected chi connectivity index (χ2v) is 9.00. The zero-order chi connectivity index (χ0) is 18.9. The summed E-state index contributed by atoms with van der Waals surface area (Å²) in [5, 5.41) is 3.88. The second-order valence-electron chi connectivity index (χ2n) is 5.55. The van der Waals surface area contributed by atoms with Gasteiger partial charge in [-0.3, -0.25) is 4.79 Å². The predicted octanol–water partition coefficient (Wildman–Crippen LogP) is 3.66. The number of thiazole rings is 1. The number of ketones is 1. The number of carbonyl (C=O) groups excluding carboxylic acids is 1. The average Bonchev–Trinajstić information content (AvgIpc) is 3.00. The number of anilines is 1. The van der Waals surface area contributed by atoms with Gasteiger partial charge >= 0.3 is 0 Å². The molecule has 0 radical (unpaired) electrons. The Morgan fingerprint density at radius 2 is 2.04 bits per heavy atom. The van der Waals surface area contributed by atoms with Crippen molar-refractivity contribution in [3.8, 4) is 5.75 Å². The zero-order valence-electron chi connectivity index (χ0n) is 13.9. The van der Waals surface area contributed by atoms with Gasteiger partial charge < -0.3 is 10.1 Å². The number of carbonyl (C=O) groups is 1. The van der Waals surface area contributed by atoms with Crippen LogP contribution in [0.2, 0.25) is 5.02 Å². The van der Waals surface area contributed by atoms with E-state index in [2.05, 4.69) is 10.3 Å². The molecule has 0 saturated heterocycles. The van der Waals surface area contributed by atoms with Crippen LogP contribution in [-0.4, -0.2) is 39.1 Å². The Morgan fingerprint density at radius 1 is 1.27 bits per heavy atom. The molecule has 1 aromatic heterocycles. The number of nitrogens with one attached hydrogen (secondary N) is 1. The maximum Gasteiger partial charge on any atom is 0.184 e. The van der Waals surface area contributed by atoms with Gasteiger partial charge in [-0.15, -0.1) is 0 Å². The average molecular weight is 411 g/mol. The number of fused-ring (bicyclic) bond motifs is 1. The van der Waals surface area contributed by atoms with Gasteiger partial charge in [-0.2, -0.15) is 0 Å². The minimum atomic E-state index is -3.28. The van der Waals surface area contributed by atoms with Gasteiger partial charge in [0, 0.05) is 11.8 Å². The summed E-state index contributed by atoms with van der Waals surface area (Å²) < 4.78 is 29.1. The lowest BCUT2D eigenvalue weighted by Crippen LogP contribution is -2.13. The Morgan fingerprint density at radius 3 is 2.69 bits per heavy atom. The maximum absolute atomic E-state index is 12.3. The topological polar surface area (TPSA) is 85.4 Å². The number of ether oxygens (including phenoxy) is 1. The van der Waals surface area contributed by atoms with E-state index in [1.165, 1.54) is 24.5 Å². The molecular formula is C17H15ClN2O4S2. The van der Waals surface area contributed by atoms with Gasteiger partial charge in [0.25, 0.3) is 0 Å². The molecule has 0 bridgehead atoms. The number of aromatic nitrogens is 1. The fourth-order valence-electron chi connectivity index (χ4n) is 2.31. The summed E-state index contributed by atoms with van der Waals surface area (Å²) >= 11 is 7.33. The van der Waals surface area contributed by atoms with E-state index in [1.54, 1.807) is 30.3 Å². The molecule has 6 nitrogen and oxygen atoms in total. The van der Waals surface area contributed by atoms with E-state index in [9.17, 15) is 13.2 Å². The van der Waals surface area contributed by atoms with Crippen molar-refractivity contribution in [1.82, 2.24) is 4.98 Å². The number of nitrogens with zero attached hydrogens (tertiary/aromatic N) is 1. The van der Waals surface area contributed by atoms with E-state index in [-0.39, 0.29) is 17.2 Å². The van der Waals surface area contributed by atoms with Crippen LogP contribution in [0.1, 0.15) is 10.4 Å². The molecule has 9 heteroatoms. The van der Waals surface area contributed by atoms with Crippen LogP contribution < -0.4 is 10.1 Å². The van der Waals surface area contributed by atoms with Gasteiger partial charge in [0.15, 0.2) is 20.8 Å². The molecule has 0 unspecified atom stereocenters. The van der Waals surface area contributed by atoms with Crippen molar-refractivity contribution in [3.05, 3.63) is 47.0 Å². The van der Waals surface area contributed by atoms with Gasteiger partial charge in [-0.05, 0) is 36.4 Å². The van der Waals surface area contributed by atoms with Gasteiger partial charge in [-0.1, -0.05) is 22.9 Å². The predicted molar refractivity (Wildman–Crippen MR) is 104 cm³/mol. The smallest absolute Gasteiger partial charge is 0.184 e. The fourth-order valence-corrected chi connectivity index (χ4v) is 4.19. The van der Waals surface area contributed by atoms with Crippen LogP contribution >= 0.6 is 22.9 Å². The molecule has 3 rings (SSSR count). The quantitative estimate of drug-likeness (QED) is 0.624. The minimum Gasteiger partial charge on any atom is -0.495 e. The third-order valence-electron chi connectivity index (χ3n) is 3.66. The molecule has 0 aliphatic heterocycles. The standard InChI is InChI=1S/C17H15ClN2O4S2/c1-24-15-6-3-10(7-12(15)18)14(21)9-19-17-20-13-5-4-11(26(2,22)23)8-16(13)25-17/h3-8H,9H2,1-2H3,(H,19,20). The Labute approximate surface area is 159 Å². The first-order chi connectivity index (χ1) is 12.3. The number of methoxy groups -OCH3 is 1. The molecule has 2 aromatic carbocycles. The normalized spacial score (nSPS) is 11.5. The summed E-state index contributed by atoms with van der Waals surface area (Å²) in [5.41, 5.74) is 1.13. The summed E-state index contributed by atoms with van der Waals surface area (Å²) in [6.45, 7) is 0.0431. The molecule has 0 saturated carbocycles. The molecule has 136 valence electrons. The first-order valence-electron chi connectivity index (χ1n) is 7.49. The summed E-state index contributed by atoms with van der Waals surface area (Å²) in [6, 6.07) is 9.59. The van der Waals surface area contributed by atoms with Gasteiger partial charge in [-0.25, -0.2) is 13.4 Å². The summed E-state index contributed by atoms with van der Waals surface area (Å²) in [6.07, 6.45) is 1.16. The summed E-state index contributed by atoms with van der Waals surface area (Å²) in [4.78, 5) is 16.9. The van der Waals surface area contributed by atoms with Crippen molar-refractivity contribution < 1.29 is 17.9 Å². The van der Waals surface area contributed by atoms with Crippen molar-refractivity contribution in [2.45, 2.75) is 4.90 Å². The number of hydrogen-bond donors (Lipinski definition) is 1. The molecule has 0 spiro atoms. The molecule has 1 heterocycles. The van der Waals surface area contributed by atoms with Crippen LogP contribution in [0.15, 0.2) is 41.3 Å². The molecule has 0 aliphatic rings. The molecule has 0 amide bonds. The maximum atomic E-state index is 12.3. The molecule has 1 N–H and O–H groups in total. The number of halogens is 1. The number of Topliss-reactive ketones (excluding diaryl/α,β-unsaturated/α-hetero) is 1. The Balaban J connectivity index is 1.75. The third kappa shape index (κ3) is 3.98. The number of hydrogen-bond acceptors (Lipinski definition) is 7. The van der Waals surface area contributed by atoms with Gasteiger partial charge in [0.1, 0.15) is 5.75 Å². The molecule has 3 aromatic rings. The van der Waals surface area contributed by atoms with E-state index in [0.29, 0.717) is 27.0 Å². The van der Waals surface area contributed by atoms with Gasteiger partial charge in [0.2, 0.25) is 0 Å². The van der Waals surface area contributed by atoms with Crippen molar-refractivity contribution >= 4 is 53.9 Å². The zero-order valence-corrected chi connectivity index (χ0v) is 16.3. The van der Waals surface area contributed by atoms with E-state index < -0.39 is 9.84 Å². The van der Waals surface area contributed by atoms with E-state index in [4.69, 9.17) is 16.3 Å².